The SMILES string of the molecule is Cc1oc(CNC(=O)[C@@H]2COc3ccccc3O2)cc1C(=O)O. The first-order chi connectivity index (χ1) is 11.0. The number of carbonyl (C=O) groups excluding carboxylic acids is 1. The Hall–Kier alpha value is -2.96. The number of hydrogen-bond donors (Lipinski definition) is 2. The van der Waals surface area contributed by atoms with Crippen LogP contribution in [0.1, 0.15) is 21.9 Å². The maximum Gasteiger partial charge on any atom is 0.339 e. The first-order valence-corrected chi connectivity index (χ1v) is 7.03. The highest BCUT2D eigenvalue weighted by Crippen LogP contribution is 2.30. The van der Waals surface area contributed by atoms with Crippen LogP contribution in [-0.4, -0.2) is 29.7 Å². The molecule has 0 spiro atoms. The van der Waals surface area contributed by atoms with Crippen LogP contribution in [-0.2, 0) is 11.3 Å². The molecule has 2 aromatic rings. The molecule has 2 heterocycles. The standard InChI is InChI=1S/C16H15NO6/c1-9-11(16(19)20)6-10(22-9)7-17-15(18)14-8-21-12-4-2-3-5-13(12)23-14/h2-6,14H,7-8H2,1H3,(H,17,18)(H,19,20)/t14-/m0/s1. The van der Waals surface area contributed by atoms with Crippen LogP contribution in [0.25, 0.3) is 0 Å². The van der Waals surface area contributed by atoms with E-state index in [1.807, 2.05) is 6.07 Å². The van der Waals surface area contributed by atoms with E-state index in [2.05, 4.69) is 5.32 Å². The Morgan fingerprint density at radius 1 is 1.30 bits per heavy atom. The summed E-state index contributed by atoms with van der Waals surface area (Å²) >= 11 is 0. The maximum atomic E-state index is 12.1. The molecule has 1 aliphatic heterocycles. The number of carboxylic acids is 1. The fraction of sp³-hybridized carbons (Fsp3) is 0.250. The lowest BCUT2D eigenvalue weighted by atomic mass is 10.2. The lowest BCUT2D eigenvalue weighted by molar-refractivity contribution is -0.130. The Morgan fingerprint density at radius 3 is 2.74 bits per heavy atom. The number of carboxylic acid groups (broad SMARTS) is 1. The summed E-state index contributed by atoms with van der Waals surface area (Å²) in [5.41, 5.74) is 0.0837. The first kappa shape index (κ1) is 15.0. The van der Waals surface area contributed by atoms with E-state index in [0.717, 1.165) is 0 Å². The van der Waals surface area contributed by atoms with Gasteiger partial charge >= 0.3 is 5.97 Å². The quantitative estimate of drug-likeness (QED) is 0.891. The van der Waals surface area contributed by atoms with Crippen molar-refractivity contribution in [1.29, 1.82) is 0 Å². The highest BCUT2D eigenvalue weighted by Gasteiger charge is 2.27. The molecule has 7 nitrogen and oxygen atoms in total. The largest absolute Gasteiger partial charge is 0.485 e. The number of aromatic carboxylic acids is 1. The number of carbonyl (C=O) groups is 2. The number of furan rings is 1. The van der Waals surface area contributed by atoms with Gasteiger partial charge in [0.25, 0.3) is 5.91 Å². The number of rotatable bonds is 4. The van der Waals surface area contributed by atoms with Gasteiger partial charge in [-0.25, -0.2) is 4.79 Å². The van der Waals surface area contributed by atoms with Crippen LogP contribution in [0.15, 0.2) is 34.7 Å². The second-order valence-electron chi connectivity index (χ2n) is 5.07. The molecule has 0 saturated carbocycles. The number of nitrogens with one attached hydrogen (secondary N) is 1. The van der Waals surface area contributed by atoms with Crippen molar-refractivity contribution in [2.75, 3.05) is 6.61 Å². The Bertz CT molecular complexity index is 751. The minimum atomic E-state index is -1.07. The van der Waals surface area contributed by atoms with Crippen molar-refractivity contribution < 1.29 is 28.6 Å². The molecule has 2 N–H and O–H groups in total. The molecule has 23 heavy (non-hydrogen) atoms. The molecule has 1 atom stereocenters. The molecule has 0 saturated heterocycles. The van der Waals surface area contributed by atoms with Crippen molar-refractivity contribution in [1.82, 2.24) is 5.32 Å². The van der Waals surface area contributed by atoms with Crippen LogP contribution in [0.2, 0.25) is 0 Å². The molecule has 3 rings (SSSR count). The van der Waals surface area contributed by atoms with Crippen molar-refractivity contribution in [3.63, 3.8) is 0 Å². The van der Waals surface area contributed by atoms with Crippen LogP contribution in [0.5, 0.6) is 11.5 Å². The zero-order valence-corrected chi connectivity index (χ0v) is 12.4. The third-order valence-corrected chi connectivity index (χ3v) is 3.44. The van der Waals surface area contributed by atoms with E-state index in [0.29, 0.717) is 23.0 Å². The van der Waals surface area contributed by atoms with Crippen molar-refractivity contribution >= 4 is 11.9 Å². The number of para-hydroxylation sites is 2. The van der Waals surface area contributed by atoms with E-state index in [4.69, 9.17) is 19.0 Å². The van der Waals surface area contributed by atoms with Gasteiger partial charge in [-0.1, -0.05) is 12.1 Å². The highest BCUT2D eigenvalue weighted by atomic mass is 16.6. The van der Waals surface area contributed by atoms with Gasteiger partial charge in [0, 0.05) is 0 Å². The molecule has 0 fully saturated rings. The summed E-state index contributed by atoms with van der Waals surface area (Å²) in [4.78, 5) is 23.1. The summed E-state index contributed by atoms with van der Waals surface area (Å²) in [6.45, 7) is 1.75. The molecule has 0 radical (unpaired) electrons. The van der Waals surface area contributed by atoms with Crippen molar-refractivity contribution in [2.24, 2.45) is 0 Å². The van der Waals surface area contributed by atoms with Gasteiger partial charge in [-0.2, -0.15) is 0 Å². The van der Waals surface area contributed by atoms with E-state index >= 15 is 0 Å². The molecule has 1 aliphatic rings. The summed E-state index contributed by atoms with van der Waals surface area (Å²) in [7, 11) is 0. The molecule has 120 valence electrons. The molecule has 0 bridgehead atoms. The molecule has 1 aromatic carbocycles. The predicted molar refractivity (Wildman–Crippen MR) is 78.6 cm³/mol. The molecule has 7 heteroatoms. The van der Waals surface area contributed by atoms with E-state index in [9.17, 15) is 9.59 Å². The van der Waals surface area contributed by atoms with Crippen LogP contribution in [0.3, 0.4) is 0 Å². The van der Waals surface area contributed by atoms with E-state index in [1.54, 1.807) is 25.1 Å². The Morgan fingerprint density at radius 2 is 2.04 bits per heavy atom. The van der Waals surface area contributed by atoms with Gasteiger partial charge in [0.1, 0.15) is 23.7 Å². The van der Waals surface area contributed by atoms with Gasteiger partial charge < -0.3 is 24.3 Å². The van der Waals surface area contributed by atoms with Crippen molar-refractivity contribution in [3.05, 3.63) is 47.4 Å². The number of benzene rings is 1. The van der Waals surface area contributed by atoms with Gasteiger partial charge in [0.2, 0.25) is 6.10 Å². The zero-order chi connectivity index (χ0) is 16.4. The average molecular weight is 317 g/mol. The lowest BCUT2D eigenvalue weighted by Gasteiger charge is -2.25. The van der Waals surface area contributed by atoms with Crippen LogP contribution in [0, 0.1) is 6.92 Å². The number of fused-ring (bicyclic) bond motifs is 1. The number of ether oxygens (including phenoxy) is 2. The molecule has 1 amide bonds. The summed E-state index contributed by atoms with van der Waals surface area (Å²) in [6, 6.07) is 8.50. The summed E-state index contributed by atoms with van der Waals surface area (Å²) in [5.74, 6) is 0.360. The Kier molecular flexibility index (Phi) is 3.92. The third kappa shape index (κ3) is 3.13. The van der Waals surface area contributed by atoms with Crippen LogP contribution >= 0.6 is 0 Å². The minimum absolute atomic E-state index is 0.0778. The van der Waals surface area contributed by atoms with Crippen LogP contribution in [0.4, 0.5) is 0 Å². The molecular weight excluding hydrogens is 302 g/mol. The zero-order valence-electron chi connectivity index (χ0n) is 12.4. The second-order valence-corrected chi connectivity index (χ2v) is 5.07. The Labute approximate surface area is 131 Å². The maximum absolute atomic E-state index is 12.1. The van der Waals surface area contributed by atoms with Gasteiger partial charge in [-0.15, -0.1) is 0 Å². The second kappa shape index (κ2) is 6.04. The van der Waals surface area contributed by atoms with E-state index in [1.165, 1.54) is 6.07 Å². The molecule has 0 aliphatic carbocycles. The minimum Gasteiger partial charge on any atom is -0.485 e. The van der Waals surface area contributed by atoms with E-state index in [-0.39, 0.29) is 24.6 Å². The molecule has 1 aromatic heterocycles. The number of aryl methyl sites for hydroxylation is 1. The number of amides is 1. The lowest BCUT2D eigenvalue weighted by Crippen LogP contribution is -2.43. The summed E-state index contributed by atoms with van der Waals surface area (Å²) in [6.07, 6.45) is -0.764. The normalized spacial score (nSPS) is 16.0. The van der Waals surface area contributed by atoms with Crippen molar-refractivity contribution in [3.8, 4) is 11.5 Å². The summed E-state index contributed by atoms with van der Waals surface area (Å²) < 4.78 is 16.4. The van der Waals surface area contributed by atoms with Crippen LogP contribution < -0.4 is 14.8 Å². The highest BCUT2D eigenvalue weighted by molar-refractivity contribution is 5.88. The summed E-state index contributed by atoms with van der Waals surface area (Å²) in [5, 5.41) is 11.6. The fourth-order valence-corrected chi connectivity index (χ4v) is 2.28. The average Bonchev–Trinajstić information content (AvgIpc) is 2.93. The molecular formula is C16H15NO6. The van der Waals surface area contributed by atoms with Gasteiger partial charge in [-0.3, -0.25) is 4.79 Å². The smallest absolute Gasteiger partial charge is 0.339 e. The van der Waals surface area contributed by atoms with E-state index < -0.39 is 12.1 Å². The fourth-order valence-electron chi connectivity index (χ4n) is 2.28. The monoisotopic (exact) mass is 317 g/mol. The first-order valence-electron chi connectivity index (χ1n) is 7.03. The Balaban J connectivity index is 1.60. The van der Waals surface area contributed by atoms with Gasteiger partial charge in [-0.05, 0) is 25.1 Å². The predicted octanol–water partition coefficient (Wildman–Crippen LogP) is 1.74. The number of hydrogen-bond acceptors (Lipinski definition) is 5. The topological polar surface area (TPSA) is 98.0 Å². The van der Waals surface area contributed by atoms with Crippen molar-refractivity contribution in [2.45, 2.75) is 19.6 Å². The van der Waals surface area contributed by atoms with Gasteiger partial charge in [0.15, 0.2) is 11.5 Å². The molecule has 0 unspecified atom stereocenters. The third-order valence-electron chi connectivity index (χ3n) is 3.44. The van der Waals surface area contributed by atoms with Gasteiger partial charge in [0.05, 0.1) is 6.54 Å².